The summed E-state index contributed by atoms with van der Waals surface area (Å²) in [5, 5.41) is 1.30. The zero-order valence-corrected chi connectivity index (χ0v) is 8.85. The highest BCUT2D eigenvalue weighted by Gasteiger charge is 2.03. The second kappa shape index (κ2) is 3.81. The van der Waals surface area contributed by atoms with Crippen molar-refractivity contribution in [1.29, 1.82) is 0 Å². The van der Waals surface area contributed by atoms with Crippen LogP contribution in [-0.4, -0.2) is 9.97 Å². The Morgan fingerprint density at radius 3 is 2.88 bits per heavy atom. The molecule has 3 aromatic rings. The number of fused-ring (bicyclic) bond motifs is 1. The van der Waals surface area contributed by atoms with E-state index >= 15 is 0 Å². The maximum Gasteiger partial charge on any atom is 0.0456 e. The van der Waals surface area contributed by atoms with Crippen LogP contribution in [0.2, 0.25) is 0 Å². The van der Waals surface area contributed by atoms with E-state index < -0.39 is 0 Å². The van der Waals surface area contributed by atoms with Gasteiger partial charge in [-0.15, -0.1) is 0 Å². The van der Waals surface area contributed by atoms with Gasteiger partial charge in [0.25, 0.3) is 0 Å². The van der Waals surface area contributed by atoms with E-state index in [0.717, 1.165) is 6.42 Å². The number of para-hydroxylation sites is 1. The quantitative estimate of drug-likeness (QED) is 0.688. The van der Waals surface area contributed by atoms with Crippen molar-refractivity contribution in [2.24, 2.45) is 0 Å². The van der Waals surface area contributed by atoms with Crippen molar-refractivity contribution in [3.8, 4) is 0 Å². The maximum atomic E-state index is 4.14. The SMILES string of the molecule is c1cncc(Cc2c[nH]c3ccccc23)c1. The fourth-order valence-electron chi connectivity index (χ4n) is 2.00. The zero-order chi connectivity index (χ0) is 10.8. The van der Waals surface area contributed by atoms with Crippen LogP contribution in [0.1, 0.15) is 11.1 Å². The molecular formula is C14H12N2. The van der Waals surface area contributed by atoms with Gasteiger partial charge >= 0.3 is 0 Å². The molecule has 0 spiro atoms. The fourth-order valence-corrected chi connectivity index (χ4v) is 2.00. The Kier molecular flexibility index (Phi) is 2.18. The first-order chi connectivity index (χ1) is 7.93. The van der Waals surface area contributed by atoms with E-state index in [2.05, 4.69) is 40.4 Å². The lowest BCUT2D eigenvalue weighted by atomic mass is 10.1. The lowest BCUT2D eigenvalue weighted by Crippen LogP contribution is -1.86. The molecule has 0 unspecified atom stereocenters. The third-order valence-corrected chi connectivity index (χ3v) is 2.79. The van der Waals surface area contributed by atoms with Crippen molar-refractivity contribution in [3.63, 3.8) is 0 Å². The van der Waals surface area contributed by atoms with Gasteiger partial charge in [0.2, 0.25) is 0 Å². The molecule has 0 aliphatic rings. The summed E-state index contributed by atoms with van der Waals surface area (Å²) < 4.78 is 0. The molecule has 0 saturated carbocycles. The van der Waals surface area contributed by atoms with Crippen molar-refractivity contribution in [1.82, 2.24) is 9.97 Å². The maximum absolute atomic E-state index is 4.14. The molecule has 1 aromatic carbocycles. The number of benzene rings is 1. The number of hydrogen-bond donors (Lipinski definition) is 1. The number of nitrogens with one attached hydrogen (secondary N) is 1. The van der Waals surface area contributed by atoms with Gasteiger partial charge in [-0.05, 0) is 23.3 Å². The molecule has 0 saturated heterocycles. The normalized spacial score (nSPS) is 10.8. The van der Waals surface area contributed by atoms with Gasteiger partial charge in [-0.2, -0.15) is 0 Å². The molecule has 3 rings (SSSR count). The van der Waals surface area contributed by atoms with Crippen molar-refractivity contribution in [2.75, 3.05) is 0 Å². The van der Waals surface area contributed by atoms with E-state index in [0.29, 0.717) is 0 Å². The van der Waals surface area contributed by atoms with Crippen molar-refractivity contribution in [3.05, 3.63) is 66.1 Å². The van der Waals surface area contributed by atoms with Crippen LogP contribution in [0.25, 0.3) is 10.9 Å². The molecule has 2 heterocycles. The minimum atomic E-state index is 0.928. The average molecular weight is 208 g/mol. The average Bonchev–Trinajstić information content (AvgIpc) is 2.74. The van der Waals surface area contributed by atoms with Crippen LogP contribution in [0.4, 0.5) is 0 Å². The van der Waals surface area contributed by atoms with Gasteiger partial charge in [0.05, 0.1) is 0 Å². The Morgan fingerprint density at radius 2 is 2.00 bits per heavy atom. The molecule has 16 heavy (non-hydrogen) atoms. The first-order valence-corrected chi connectivity index (χ1v) is 5.37. The Labute approximate surface area is 94.0 Å². The Balaban J connectivity index is 2.01. The minimum absolute atomic E-state index is 0.928. The van der Waals surface area contributed by atoms with Gasteiger partial charge in [-0.25, -0.2) is 0 Å². The number of pyridine rings is 1. The number of aromatic amines is 1. The standard InChI is InChI=1S/C14H12N2/c1-2-6-14-13(5-1)12(10-16-14)8-11-4-3-7-15-9-11/h1-7,9-10,16H,8H2. The molecule has 0 radical (unpaired) electrons. The monoisotopic (exact) mass is 208 g/mol. The number of hydrogen-bond acceptors (Lipinski definition) is 1. The molecule has 0 aliphatic carbocycles. The van der Waals surface area contributed by atoms with Crippen LogP contribution in [0.5, 0.6) is 0 Å². The predicted molar refractivity (Wildman–Crippen MR) is 65.3 cm³/mol. The second-order valence-corrected chi connectivity index (χ2v) is 3.90. The number of aromatic nitrogens is 2. The van der Waals surface area contributed by atoms with E-state index in [4.69, 9.17) is 0 Å². The van der Waals surface area contributed by atoms with E-state index in [9.17, 15) is 0 Å². The molecule has 2 aromatic heterocycles. The molecule has 0 atom stereocenters. The van der Waals surface area contributed by atoms with Crippen molar-refractivity contribution < 1.29 is 0 Å². The molecule has 0 aliphatic heterocycles. The molecule has 78 valence electrons. The van der Waals surface area contributed by atoms with Gasteiger partial charge in [0, 0.05) is 35.9 Å². The molecular weight excluding hydrogens is 196 g/mol. The highest BCUT2D eigenvalue weighted by atomic mass is 14.7. The summed E-state index contributed by atoms with van der Waals surface area (Å²) in [5.74, 6) is 0. The molecule has 1 N–H and O–H groups in total. The van der Waals surface area contributed by atoms with Crippen LogP contribution in [0.15, 0.2) is 55.0 Å². The largest absolute Gasteiger partial charge is 0.361 e. The van der Waals surface area contributed by atoms with Crippen molar-refractivity contribution in [2.45, 2.75) is 6.42 Å². The molecule has 2 nitrogen and oxygen atoms in total. The first-order valence-electron chi connectivity index (χ1n) is 5.37. The third-order valence-electron chi connectivity index (χ3n) is 2.79. The fraction of sp³-hybridized carbons (Fsp3) is 0.0714. The Bertz CT molecular complexity index is 596. The molecule has 2 heteroatoms. The lowest BCUT2D eigenvalue weighted by Gasteiger charge is -1.98. The van der Waals surface area contributed by atoms with Gasteiger partial charge < -0.3 is 4.98 Å². The van der Waals surface area contributed by atoms with Crippen LogP contribution >= 0.6 is 0 Å². The highest BCUT2D eigenvalue weighted by Crippen LogP contribution is 2.20. The summed E-state index contributed by atoms with van der Waals surface area (Å²) in [4.78, 5) is 7.42. The summed E-state index contributed by atoms with van der Waals surface area (Å²) in [7, 11) is 0. The Morgan fingerprint density at radius 1 is 1.06 bits per heavy atom. The van der Waals surface area contributed by atoms with E-state index in [1.54, 1.807) is 6.20 Å². The van der Waals surface area contributed by atoms with Gasteiger partial charge in [0.1, 0.15) is 0 Å². The molecule has 0 fully saturated rings. The summed E-state index contributed by atoms with van der Waals surface area (Å²) in [5.41, 5.74) is 3.76. The van der Waals surface area contributed by atoms with Gasteiger partial charge in [0.15, 0.2) is 0 Å². The predicted octanol–water partition coefficient (Wildman–Crippen LogP) is 3.15. The van der Waals surface area contributed by atoms with E-state index in [-0.39, 0.29) is 0 Å². The highest BCUT2D eigenvalue weighted by molar-refractivity contribution is 5.83. The Hall–Kier alpha value is -2.09. The first kappa shape index (κ1) is 9.16. The second-order valence-electron chi connectivity index (χ2n) is 3.90. The van der Waals surface area contributed by atoms with E-state index in [1.165, 1.54) is 22.0 Å². The third kappa shape index (κ3) is 1.58. The number of H-pyrrole nitrogens is 1. The summed E-state index contributed by atoms with van der Waals surface area (Å²) in [6.07, 6.45) is 6.73. The van der Waals surface area contributed by atoms with Crippen LogP contribution in [0, 0.1) is 0 Å². The molecule has 0 amide bonds. The topological polar surface area (TPSA) is 28.7 Å². The minimum Gasteiger partial charge on any atom is -0.361 e. The summed E-state index contributed by atoms with van der Waals surface area (Å²) in [6.45, 7) is 0. The van der Waals surface area contributed by atoms with Crippen LogP contribution in [-0.2, 0) is 6.42 Å². The van der Waals surface area contributed by atoms with Gasteiger partial charge in [-0.1, -0.05) is 24.3 Å². The van der Waals surface area contributed by atoms with Crippen LogP contribution < -0.4 is 0 Å². The van der Waals surface area contributed by atoms with E-state index in [1.807, 2.05) is 18.3 Å². The lowest BCUT2D eigenvalue weighted by molar-refractivity contribution is 1.15. The smallest absolute Gasteiger partial charge is 0.0456 e. The summed E-state index contributed by atoms with van der Waals surface area (Å²) >= 11 is 0. The zero-order valence-electron chi connectivity index (χ0n) is 8.85. The molecule has 0 bridgehead atoms. The van der Waals surface area contributed by atoms with Crippen molar-refractivity contribution >= 4 is 10.9 Å². The number of rotatable bonds is 2. The van der Waals surface area contributed by atoms with Gasteiger partial charge in [-0.3, -0.25) is 4.98 Å². The summed E-state index contributed by atoms with van der Waals surface area (Å²) in [6, 6.07) is 12.5. The number of nitrogens with zero attached hydrogens (tertiary/aromatic N) is 1. The van der Waals surface area contributed by atoms with Crippen LogP contribution in [0.3, 0.4) is 0 Å².